The number of H-pyrrole nitrogens is 1. The molecule has 4 nitrogen and oxygen atoms in total. The number of amides is 1. The fourth-order valence-electron chi connectivity index (χ4n) is 2.54. The van der Waals surface area contributed by atoms with Crippen molar-refractivity contribution in [1.82, 2.24) is 9.88 Å². The molecule has 18 heavy (non-hydrogen) atoms. The minimum atomic E-state index is -0.238. The molecule has 1 N–H and O–H groups in total. The summed E-state index contributed by atoms with van der Waals surface area (Å²) in [6.45, 7) is 3.69. The lowest BCUT2D eigenvalue weighted by atomic mass is 10.0. The lowest BCUT2D eigenvalue weighted by molar-refractivity contribution is 0.0791. The number of carbonyl (C=O) groups is 1. The summed E-state index contributed by atoms with van der Waals surface area (Å²) in [5.74, 6) is -0.124. The number of hydrogen-bond donors (Lipinski definition) is 1. The normalized spacial score (nSPS) is 21.1. The molecular weight excluding hydrogens is 228 g/mol. The third-order valence-electron chi connectivity index (χ3n) is 4.18. The van der Waals surface area contributed by atoms with Crippen LogP contribution in [0.4, 0.5) is 0 Å². The topological polar surface area (TPSA) is 53.2 Å². The first-order chi connectivity index (χ1) is 8.60. The van der Waals surface area contributed by atoms with E-state index in [0.717, 1.165) is 44.5 Å². The van der Waals surface area contributed by atoms with Gasteiger partial charge in [-0.3, -0.25) is 9.59 Å². The number of aromatic amines is 1. The largest absolute Gasteiger partial charge is 0.338 e. The van der Waals surface area contributed by atoms with E-state index in [2.05, 4.69) is 11.9 Å². The summed E-state index contributed by atoms with van der Waals surface area (Å²) in [7, 11) is 0. The van der Waals surface area contributed by atoms with Gasteiger partial charge in [-0.25, -0.2) is 0 Å². The second-order valence-corrected chi connectivity index (χ2v) is 5.67. The third kappa shape index (κ3) is 1.85. The zero-order valence-electron chi connectivity index (χ0n) is 10.7. The summed E-state index contributed by atoms with van der Waals surface area (Å²) in [6, 6.07) is 3.59. The Kier molecular flexibility index (Phi) is 2.54. The van der Waals surface area contributed by atoms with E-state index in [4.69, 9.17) is 0 Å². The first-order valence-electron chi connectivity index (χ1n) is 6.63. The van der Waals surface area contributed by atoms with Crippen LogP contribution in [0, 0.1) is 0 Å². The van der Waals surface area contributed by atoms with Crippen LogP contribution in [-0.2, 0) is 5.41 Å². The number of nitrogens with zero attached hydrogens (tertiary/aromatic N) is 1. The minimum absolute atomic E-state index is 0.124. The van der Waals surface area contributed by atoms with E-state index >= 15 is 0 Å². The van der Waals surface area contributed by atoms with Crippen molar-refractivity contribution in [2.75, 3.05) is 13.1 Å². The Hall–Kier alpha value is -1.58. The van der Waals surface area contributed by atoms with Crippen LogP contribution in [0.1, 0.15) is 48.7 Å². The van der Waals surface area contributed by atoms with Gasteiger partial charge in [-0.05, 0) is 37.8 Å². The highest BCUT2D eigenvalue weighted by atomic mass is 16.2. The van der Waals surface area contributed by atoms with E-state index in [1.807, 2.05) is 6.07 Å². The van der Waals surface area contributed by atoms with Gasteiger partial charge in [0.25, 0.3) is 11.5 Å². The number of nitrogens with one attached hydrogen (secondary N) is 1. The second-order valence-electron chi connectivity index (χ2n) is 5.67. The Morgan fingerprint density at radius 1 is 1.28 bits per heavy atom. The monoisotopic (exact) mass is 246 g/mol. The van der Waals surface area contributed by atoms with Crippen LogP contribution in [0.3, 0.4) is 0 Å². The van der Waals surface area contributed by atoms with Crippen molar-refractivity contribution < 1.29 is 4.79 Å². The molecule has 1 aromatic rings. The fourth-order valence-corrected chi connectivity index (χ4v) is 2.54. The summed E-state index contributed by atoms with van der Waals surface area (Å²) in [5, 5.41) is 0. The first kappa shape index (κ1) is 11.5. The van der Waals surface area contributed by atoms with E-state index in [1.54, 1.807) is 11.0 Å². The zero-order chi connectivity index (χ0) is 12.8. The molecule has 1 saturated carbocycles. The molecule has 0 aromatic carbocycles. The quantitative estimate of drug-likeness (QED) is 0.863. The summed E-state index contributed by atoms with van der Waals surface area (Å²) < 4.78 is 0. The number of aromatic nitrogens is 1. The van der Waals surface area contributed by atoms with Gasteiger partial charge < -0.3 is 9.88 Å². The SMILES string of the molecule is CC1(c2ccc(C(=O)N3CCCC3)c(=O)[nH]2)CC1. The van der Waals surface area contributed by atoms with Crippen molar-refractivity contribution in [3.05, 3.63) is 33.7 Å². The highest BCUT2D eigenvalue weighted by molar-refractivity contribution is 5.94. The molecule has 1 saturated heterocycles. The highest BCUT2D eigenvalue weighted by Gasteiger charge is 2.40. The average Bonchev–Trinajstić information content (AvgIpc) is 2.92. The van der Waals surface area contributed by atoms with Crippen molar-refractivity contribution in [2.45, 2.75) is 38.0 Å². The Labute approximate surface area is 106 Å². The van der Waals surface area contributed by atoms with Crippen molar-refractivity contribution in [3.63, 3.8) is 0 Å². The van der Waals surface area contributed by atoms with Gasteiger partial charge >= 0.3 is 0 Å². The van der Waals surface area contributed by atoms with Crippen LogP contribution < -0.4 is 5.56 Å². The Bertz CT molecular complexity index is 537. The molecule has 0 atom stereocenters. The minimum Gasteiger partial charge on any atom is -0.338 e. The maximum atomic E-state index is 12.2. The maximum absolute atomic E-state index is 12.2. The maximum Gasteiger partial charge on any atom is 0.261 e. The van der Waals surface area contributed by atoms with Crippen LogP contribution in [0.2, 0.25) is 0 Å². The average molecular weight is 246 g/mol. The van der Waals surface area contributed by atoms with E-state index in [1.165, 1.54) is 0 Å². The molecule has 1 aliphatic carbocycles. The fraction of sp³-hybridized carbons (Fsp3) is 0.571. The van der Waals surface area contributed by atoms with Crippen molar-refractivity contribution in [2.24, 2.45) is 0 Å². The molecule has 3 rings (SSSR count). The molecule has 1 amide bonds. The first-order valence-corrected chi connectivity index (χ1v) is 6.63. The van der Waals surface area contributed by atoms with Crippen molar-refractivity contribution in [1.29, 1.82) is 0 Å². The number of pyridine rings is 1. The second kappa shape index (κ2) is 3.97. The van der Waals surface area contributed by atoms with Crippen LogP contribution in [0.15, 0.2) is 16.9 Å². The van der Waals surface area contributed by atoms with Crippen LogP contribution >= 0.6 is 0 Å². The van der Waals surface area contributed by atoms with E-state index < -0.39 is 0 Å². The Balaban J connectivity index is 1.89. The molecular formula is C14H18N2O2. The van der Waals surface area contributed by atoms with Gasteiger partial charge in [-0.1, -0.05) is 6.92 Å². The zero-order valence-corrected chi connectivity index (χ0v) is 10.7. The number of rotatable bonds is 2. The van der Waals surface area contributed by atoms with Crippen LogP contribution in [-0.4, -0.2) is 28.9 Å². The lowest BCUT2D eigenvalue weighted by Gasteiger charge is -2.15. The smallest absolute Gasteiger partial charge is 0.261 e. The lowest BCUT2D eigenvalue weighted by Crippen LogP contribution is -2.33. The standard InChI is InChI=1S/C14H18N2O2/c1-14(6-7-14)11-5-4-10(12(17)15-11)13(18)16-8-2-3-9-16/h4-5H,2-3,6-9H2,1H3,(H,15,17). The molecule has 96 valence electrons. The molecule has 0 spiro atoms. The summed E-state index contributed by atoms with van der Waals surface area (Å²) in [6.07, 6.45) is 4.31. The number of hydrogen-bond acceptors (Lipinski definition) is 2. The summed E-state index contributed by atoms with van der Waals surface area (Å²) in [5.41, 5.74) is 1.14. The van der Waals surface area contributed by atoms with Gasteiger partial charge in [-0.2, -0.15) is 0 Å². The number of likely N-dealkylation sites (tertiary alicyclic amines) is 1. The van der Waals surface area contributed by atoms with Crippen LogP contribution in [0.25, 0.3) is 0 Å². The molecule has 4 heteroatoms. The summed E-state index contributed by atoms with van der Waals surface area (Å²) in [4.78, 5) is 28.8. The molecule has 0 unspecified atom stereocenters. The highest BCUT2D eigenvalue weighted by Crippen LogP contribution is 2.46. The van der Waals surface area contributed by atoms with Crippen LogP contribution in [0.5, 0.6) is 0 Å². The molecule has 0 bridgehead atoms. The molecule has 2 fully saturated rings. The predicted octanol–water partition coefficient (Wildman–Crippen LogP) is 1.66. The van der Waals surface area contributed by atoms with Crippen molar-refractivity contribution in [3.8, 4) is 0 Å². The molecule has 2 aliphatic rings. The van der Waals surface area contributed by atoms with Crippen molar-refractivity contribution >= 4 is 5.91 Å². The van der Waals surface area contributed by atoms with Gasteiger partial charge in [-0.15, -0.1) is 0 Å². The Morgan fingerprint density at radius 2 is 1.94 bits per heavy atom. The van der Waals surface area contributed by atoms with Gasteiger partial charge in [0, 0.05) is 24.2 Å². The van der Waals surface area contributed by atoms with E-state index in [-0.39, 0.29) is 22.4 Å². The van der Waals surface area contributed by atoms with Gasteiger partial charge in [0.15, 0.2) is 0 Å². The van der Waals surface area contributed by atoms with E-state index in [0.29, 0.717) is 0 Å². The molecule has 0 radical (unpaired) electrons. The van der Waals surface area contributed by atoms with Gasteiger partial charge in [0.2, 0.25) is 0 Å². The molecule has 1 aromatic heterocycles. The predicted molar refractivity (Wildman–Crippen MR) is 68.8 cm³/mol. The molecule has 1 aliphatic heterocycles. The molecule has 2 heterocycles. The summed E-state index contributed by atoms with van der Waals surface area (Å²) >= 11 is 0. The number of carbonyl (C=O) groups excluding carboxylic acids is 1. The third-order valence-corrected chi connectivity index (χ3v) is 4.18. The van der Waals surface area contributed by atoms with Gasteiger partial charge in [0.05, 0.1) is 0 Å². The Morgan fingerprint density at radius 3 is 2.50 bits per heavy atom. The van der Waals surface area contributed by atoms with Gasteiger partial charge in [0.1, 0.15) is 5.56 Å². The van der Waals surface area contributed by atoms with E-state index in [9.17, 15) is 9.59 Å².